The van der Waals surface area contributed by atoms with Crippen molar-refractivity contribution < 1.29 is 8.78 Å². The Morgan fingerprint density at radius 1 is 0.260 bits per heavy atom. The third-order valence-corrected chi connectivity index (χ3v) is 10.3. The molecule has 0 spiro atoms. The first-order chi connectivity index (χ1) is 24.6. The lowest BCUT2D eigenvalue weighted by molar-refractivity contribution is 0.627. The molecule has 0 aliphatic carbocycles. The minimum absolute atomic E-state index is 0.259. The van der Waals surface area contributed by atoms with Crippen molar-refractivity contribution >= 4 is 53.9 Å². The summed E-state index contributed by atoms with van der Waals surface area (Å²) >= 11 is 0. The van der Waals surface area contributed by atoms with E-state index in [1.807, 2.05) is 24.3 Å². The smallest absolute Gasteiger partial charge is 0.123 e. The SMILES string of the molecule is Fc1ccc(-c2cc(-c3ccc4ccccc4c3)c3ccc4c(-c5ccc(F)cc5)cc(-c5ccc6ccccc6c5)c5ccc2c3c45)cc1. The third-order valence-electron chi connectivity index (χ3n) is 10.3. The van der Waals surface area contributed by atoms with Crippen LogP contribution in [-0.2, 0) is 0 Å². The molecule has 10 rings (SSSR count). The van der Waals surface area contributed by atoms with E-state index in [9.17, 15) is 8.78 Å². The van der Waals surface area contributed by atoms with E-state index in [1.165, 1.54) is 45.8 Å². The Bertz CT molecular complexity index is 2720. The van der Waals surface area contributed by atoms with E-state index >= 15 is 0 Å². The summed E-state index contributed by atoms with van der Waals surface area (Å²) in [6.07, 6.45) is 0. The molecule has 0 nitrogen and oxygen atoms in total. The number of fused-ring (bicyclic) bond motifs is 2. The Balaban J connectivity index is 1.37. The molecular formula is C48H28F2. The van der Waals surface area contributed by atoms with Crippen molar-refractivity contribution in [3.05, 3.63) is 181 Å². The van der Waals surface area contributed by atoms with Crippen LogP contribution in [0.1, 0.15) is 0 Å². The van der Waals surface area contributed by atoms with Crippen molar-refractivity contribution in [3.63, 3.8) is 0 Å². The van der Waals surface area contributed by atoms with E-state index in [2.05, 4.69) is 121 Å². The maximum atomic E-state index is 14.2. The van der Waals surface area contributed by atoms with Crippen LogP contribution >= 0.6 is 0 Å². The van der Waals surface area contributed by atoms with E-state index < -0.39 is 0 Å². The molecular weight excluding hydrogens is 615 g/mol. The second kappa shape index (κ2) is 11.1. The molecule has 0 bridgehead atoms. The fourth-order valence-corrected chi connectivity index (χ4v) is 7.92. The molecule has 0 atom stereocenters. The fourth-order valence-electron chi connectivity index (χ4n) is 7.92. The normalized spacial score (nSPS) is 11.8. The van der Waals surface area contributed by atoms with E-state index in [0.717, 1.165) is 76.8 Å². The summed E-state index contributed by atoms with van der Waals surface area (Å²) in [5.41, 5.74) is 8.51. The van der Waals surface area contributed by atoms with Gasteiger partial charge in [0.15, 0.2) is 0 Å². The molecule has 10 aromatic rings. The lowest BCUT2D eigenvalue weighted by Crippen LogP contribution is -1.94. The highest BCUT2D eigenvalue weighted by Gasteiger charge is 2.21. The van der Waals surface area contributed by atoms with Gasteiger partial charge in [0.1, 0.15) is 11.6 Å². The Morgan fingerprint density at radius 2 is 0.580 bits per heavy atom. The van der Waals surface area contributed by atoms with Crippen LogP contribution < -0.4 is 0 Å². The number of halogens is 2. The van der Waals surface area contributed by atoms with Crippen molar-refractivity contribution in [3.8, 4) is 44.5 Å². The third kappa shape index (κ3) is 4.49. The van der Waals surface area contributed by atoms with Gasteiger partial charge in [-0.2, -0.15) is 0 Å². The standard InChI is InChI=1S/C48H28F2/c49-37-17-13-31(14-18-37)43-27-45(35-11-9-29-5-1-3-7-33(29)25-35)41-23-21-40-44(32-15-19-38(50)20-16-32)28-46(42-24-22-39(43)47(41)48(40)42)36-12-10-30-6-2-4-8-34(30)26-36/h1-28H. The van der Waals surface area contributed by atoms with Gasteiger partial charge in [0.05, 0.1) is 0 Å². The van der Waals surface area contributed by atoms with Gasteiger partial charge in [-0.25, -0.2) is 8.78 Å². The number of hydrogen-bond acceptors (Lipinski definition) is 0. The highest BCUT2D eigenvalue weighted by molar-refractivity contribution is 6.32. The van der Waals surface area contributed by atoms with Crippen LogP contribution in [0.25, 0.3) is 98.4 Å². The fraction of sp³-hybridized carbons (Fsp3) is 0. The molecule has 10 aromatic carbocycles. The first kappa shape index (κ1) is 28.6. The van der Waals surface area contributed by atoms with Crippen LogP contribution in [-0.4, -0.2) is 0 Å². The molecule has 50 heavy (non-hydrogen) atoms. The van der Waals surface area contributed by atoms with Crippen LogP contribution in [0.5, 0.6) is 0 Å². The van der Waals surface area contributed by atoms with Crippen LogP contribution in [0.2, 0.25) is 0 Å². The Kier molecular flexibility index (Phi) is 6.34. The maximum absolute atomic E-state index is 14.2. The van der Waals surface area contributed by atoms with Crippen LogP contribution in [0.4, 0.5) is 8.78 Å². The van der Waals surface area contributed by atoms with Crippen LogP contribution in [0.15, 0.2) is 170 Å². The van der Waals surface area contributed by atoms with E-state index in [0.29, 0.717) is 0 Å². The van der Waals surface area contributed by atoms with Crippen LogP contribution in [0.3, 0.4) is 0 Å². The molecule has 0 N–H and O–H groups in total. The quantitative estimate of drug-likeness (QED) is 0.168. The lowest BCUT2D eigenvalue weighted by Gasteiger charge is -2.22. The van der Waals surface area contributed by atoms with Crippen molar-refractivity contribution in [1.82, 2.24) is 0 Å². The van der Waals surface area contributed by atoms with Gasteiger partial charge >= 0.3 is 0 Å². The minimum atomic E-state index is -0.259. The summed E-state index contributed by atoms with van der Waals surface area (Å²) < 4.78 is 28.5. The zero-order valence-corrected chi connectivity index (χ0v) is 26.9. The topological polar surface area (TPSA) is 0 Å². The predicted molar refractivity (Wildman–Crippen MR) is 207 cm³/mol. The summed E-state index contributed by atoms with van der Waals surface area (Å²) in [5, 5.41) is 11.6. The molecule has 0 fully saturated rings. The molecule has 0 saturated carbocycles. The number of hydrogen-bond donors (Lipinski definition) is 0. The Morgan fingerprint density at radius 3 is 0.960 bits per heavy atom. The van der Waals surface area contributed by atoms with Gasteiger partial charge in [0.2, 0.25) is 0 Å². The summed E-state index contributed by atoms with van der Waals surface area (Å²) in [4.78, 5) is 0. The van der Waals surface area contributed by atoms with Crippen molar-refractivity contribution in [1.29, 1.82) is 0 Å². The predicted octanol–water partition coefficient (Wildman–Crippen LogP) is 13.8. The van der Waals surface area contributed by atoms with Gasteiger partial charge in [-0.05, 0) is 147 Å². The highest BCUT2D eigenvalue weighted by Crippen LogP contribution is 2.48. The maximum Gasteiger partial charge on any atom is 0.123 e. The van der Waals surface area contributed by atoms with Gasteiger partial charge in [0.25, 0.3) is 0 Å². The molecule has 0 aromatic heterocycles. The molecule has 0 aliphatic rings. The van der Waals surface area contributed by atoms with Crippen molar-refractivity contribution in [2.45, 2.75) is 0 Å². The van der Waals surface area contributed by atoms with Crippen molar-refractivity contribution in [2.24, 2.45) is 0 Å². The van der Waals surface area contributed by atoms with Gasteiger partial charge in [-0.15, -0.1) is 0 Å². The summed E-state index contributed by atoms with van der Waals surface area (Å²) in [6.45, 7) is 0. The molecule has 0 unspecified atom stereocenters. The highest BCUT2D eigenvalue weighted by atomic mass is 19.1. The van der Waals surface area contributed by atoms with Crippen molar-refractivity contribution in [2.75, 3.05) is 0 Å². The minimum Gasteiger partial charge on any atom is -0.207 e. The first-order valence-electron chi connectivity index (χ1n) is 16.9. The molecule has 0 heterocycles. The van der Waals surface area contributed by atoms with Gasteiger partial charge < -0.3 is 0 Å². The number of rotatable bonds is 4. The van der Waals surface area contributed by atoms with Crippen LogP contribution in [0, 0.1) is 11.6 Å². The van der Waals surface area contributed by atoms with Gasteiger partial charge in [-0.3, -0.25) is 0 Å². The molecule has 0 saturated heterocycles. The number of benzene rings is 10. The zero-order chi connectivity index (χ0) is 33.3. The average molecular weight is 643 g/mol. The van der Waals surface area contributed by atoms with E-state index in [-0.39, 0.29) is 11.6 Å². The second-order valence-electron chi connectivity index (χ2n) is 13.2. The Hall–Kier alpha value is -6.38. The second-order valence-corrected chi connectivity index (χ2v) is 13.2. The zero-order valence-electron chi connectivity index (χ0n) is 26.9. The molecule has 2 heteroatoms. The van der Waals surface area contributed by atoms with E-state index in [4.69, 9.17) is 0 Å². The van der Waals surface area contributed by atoms with E-state index in [1.54, 1.807) is 0 Å². The average Bonchev–Trinajstić information content (AvgIpc) is 3.17. The Labute approximate surface area is 287 Å². The summed E-state index contributed by atoms with van der Waals surface area (Å²) in [7, 11) is 0. The summed E-state index contributed by atoms with van der Waals surface area (Å²) in [5.74, 6) is -0.518. The molecule has 234 valence electrons. The molecule has 0 aliphatic heterocycles. The monoisotopic (exact) mass is 642 g/mol. The molecule has 0 radical (unpaired) electrons. The molecule has 0 amide bonds. The summed E-state index contributed by atoms with van der Waals surface area (Å²) in [6, 6.07) is 57.3. The first-order valence-corrected chi connectivity index (χ1v) is 16.9. The van der Waals surface area contributed by atoms with Gasteiger partial charge in [0, 0.05) is 0 Å². The largest absolute Gasteiger partial charge is 0.207 e. The van der Waals surface area contributed by atoms with Gasteiger partial charge in [-0.1, -0.05) is 121 Å². The lowest BCUT2D eigenvalue weighted by atomic mass is 9.81.